The van der Waals surface area contributed by atoms with Crippen molar-refractivity contribution in [2.45, 2.75) is 6.92 Å². The number of aromatic nitrogens is 1. The molecule has 2 N–H and O–H groups in total. The quantitative estimate of drug-likeness (QED) is 0.697. The molecule has 3 aromatic rings. The molecule has 0 aliphatic heterocycles. The lowest BCUT2D eigenvalue weighted by atomic mass is 9.99. The van der Waals surface area contributed by atoms with Crippen LogP contribution >= 0.6 is 0 Å². The van der Waals surface area contributed by atoms with Gasteiger partial charge in [0.15, 0.2) is 0 Å². The van der Waals surface area contributed by atoms with E-state index in [0.717, 1.165) is 16.7 Å². The van der Waals surface area contributed by atoms with Gasteiger partial charge >= 0.3 is 0 Å². The minimum atomic E-state index is -0.192. The zero-order chi connectivity index (χ0) is 13.4. The van der Waals surface area contributed by atoms with Gasteiger partial charge in [-0.1, -0.05) is 35.9 Å². The van der Waals surface area contributed by atoms with E-state index in [-0.39, 0.29) is 11.3 Å². The summed E-state index contributed by atoms with van der Waals surface area (Å²) in [5.74, 6) is 0.125. The summed E-state index contributed by atoms with van der Waals surface area (Å²) in [4.78, 5) is 14.5. The van der Waals surface area contributed by atoms with E-state index in [1.54, 1.807) is 24.4 Å². The molecule has 0 saturated heterocycles. The molecule has 1 heterocycles. The molecule has 19 heavy (non-hydrogen) atoms. The molecule has 0 aliphatic rings. The van der Waals surface area contributed by atoms with Gasteiger partial charge < -0.3 is 10.1 Å². The number of pyridine rings is 1. The van der Waals surface area contributed by atoms with Gasteiger partial charge in [0.1, 0.15) is 5.75 Å². The zero-order valence-corrected chi connectivity index (χ0v) is 10.5. The van der Waals surface area contributed by atoms with Crippen molar-refractivity contribution in [1.82, 2.24) is 4.98 Å². The number of phenolic OH excluding ortho intramolecular Hbond substituents is 1. The molecular formula is C16H13NO2. The van der Waals surface area contributed by atoms with Crippen LogP contribution in [0.4, 0.5) is 0 Å². The number of fused-ring (bicyclic) bond motifs is 1. The van der Waals surface area contributed by atoms with E-state index in [1.165, 1.54) is 0 Å². The van der Waals surface area contributed by atoms with Gasteiger partial charge in [0, 0.05) is 17.1 Å². The number of hydrogen-bond acceptors (Lipinski definition) is 2. The molecule has 1 aromatic heterocycles. The fraction of sp³-hybridized carbons (Fsp3) is 0.0625. The molecular weight excluding hydrogens is 238 g/mol. The summed E-state index contributed by atoms with van der Waals surface area (Å²) < 4.78 is 0. The van der Waals surface area contributed by atoms with Gasteiger partial charge in [-0.25, -0.2) is 0 Å². The van der Waals surface area contributed by atoms with Gasteiger partial charge in [-0.05, 0) is 24.6 Å². The molecule has 94 valence electrons. The molecule has 2 aromatic carbocycles. The molecule has 0 atom stereocenters. The van der Waals surface area contributed by atoms with Gasteiger partial charge in [0.25, 0.3) is 5.56 Å². The van der Waals surface area contributed by atoms with Gasteiger partial charge in [-0.2, -0.15) is 0 Å². The fourth-order valence-corrected chi connectivity index (χ4v) is 2.34. The second-order valence-corrected chi connectivity index (χ2v) is 4.60. The van der Waals surface area contributed by atoms with Crippen molar-refractivity contribution in [2.24, 2.45) is 0 Å². The number of hydrogen-bond donors (Lipinski definition) is 2. The topological polar surface area (TPSA) is 53.1 Å². The first-order valence-electron chi connectivity index (χ1n) is 6.07. The lowest BCUT2D eigenvalue weighted by Crippen LogP contribution is -2.05. The molecule has 0 spiro atoms. The number of aromatic hydroxyl groups is 1. The van der Waals surface area contributed by atoms with Crippen LogP contribution in [-0.2, 0) is 0 Å². The van der Waals surface area contributed by atoms with Gasteiger partial charge in [0.05, 0.1) is 5.39 Å². The highest BCUT2D eigenvalue weighted by atomic mass is 16.3. The average molecular weight is 251 g/mol. The van der Waals surface area contributed by atoms with E-state index in [1.807, 2.05) is 31.2 Å². The van der Waals surface area contributed by atoms with Gasteiger partial charge in [-0.15, -0.1) is 0 Å². The van der Waals surface area contributed by atoms with Crippen molar-refractivity contribution >= 4 is 10.8 Å². The number of aryl methyl sites for hydroxylation is 1. The standard InChI is InChI=1S/C16H13NO2/c1-10-4-2-5-11(8-10)13-9-17-16(19)12-6-3-7-14(18)15(12)13/h2-9,18H,1H3,(H,17,19). The summed E-state index contributed by atoms with van der Waals surface area (Å²) in [7, 11) is 0. The predicted octanol–water partition coefficient (Wildman–Crippen LogP) is 3.21. The Kier molecular flexibility index (Phi) is 2.60. The number of aromatic amines is 1. The Balaban J connectivity index is 2.43. The molecule has 0 saturated carbocycles. The minimum absolute atomic E-state index is 0.125. The summed E-state index contributed by atoms with van der Waals surface area (Å²) in [6.45, 7) is 2.01. The molecule has 0 radical (unpaired) electrons. The highest BCUT2D eigenvalue weighted by molar-refractivity contribution is 5.99. The monoisotopic (exact) mass is 251 g/mol. The molecule has 0 amide bonds. The van der Waals surface area contributed by atoms with E-state index in [4.69, 9.17) is 0 Å². The lowest BCUT2D eigenvalue weighted by molar-refractivity contribution is 0.481. The summed E-state index contributed by atoms with van der Waals surface area (Å²) in [6.07, 6.45) is 1.65. The Morgan fingerprint density at radius 1 is 1.11 bits per heavy atom. The first kappa shape index (κ1) is 11.5. The Labute approximate surface area is 110 Å². The number of phenols is 1. The van der Waals surface area contributed by atoms with Crippen LogP contribution in [0.2, 0.25) is 0 Å². The highest BCUT2D eigenvalue weighted by Gasteiger charge is 2.10. The Morgan fingerprint density at radius 2 is 1.89 bits per heavy atom. The third kappa shape index (κ3) is 1.89. The fourth-order valence-electron chi connectivity index (χ4n) is 2.34. The third-order valence-electron chi connectivity index (χ3n) is 3.23. The first-order chi connectivity index (χ1) is 9.16. The van der Waals surface area contributed by atoms with Crippen molar-refractivity contribution < 1.29 is 5.11 Å². The van der Waals surface area contributed by atoms with Crippen LogP contribution in [0.3, 0.4) is 0 Å². The molecule has 0 fully saturated rings. The van der Waals surface area contributed by atoms with Crippen LogP contribution in [-0.4, -0.2) is 10.1 Å². The Hall–Kier alpha value is -2.55. The molecule has 0 aliphatic carbocycles. The first-order valence-corrected chi connectivity index (χ1v) is 6.07. The number of benzene rings is 2. The second-order valence-electron chi connectivity index (χ2n) is 4.60. The summed E-state index contributed by atoms with van der Waals surface area (Å²) in [6, 6.07) is 13.0. The van der Waals surface area contributed by atoms with Crippen LogP contribution in [0.15, 0.2) is 53.5 Å². The highest BCUT2D eigenvalue weighted by Crippen LogP contribution is 2.32. The van der Waals surface area contributed by atoms with E-state index in [0.29, 0.717) is 10.8 Å². The van der Waals surface area contributed by atoms with Gasteiger partial charge in [0.2, 0.25) is 0 Å². The van der Waals surface area contributed by atoms with Crippen molar-refractivity contribution in [2.75, 3.05) is 0 Å². The summed E-state index contributed by atoms with van der Waals surface area (Å²) in [5, 5.41) is 11.1. The maximum Gasteiger partial charge on any atom is 0.255 e. The van der Waals surface area contributed by atoms with E-state index in [2.05, 4.69) is 4.98 Å². The SMILES string of the molecule is Cc1cccc(-c2c[nH]c(=O)c3cccc(O)c23)c1. The molecule has 3 rings (SSSR count). The molecule has 3 heteroatoms. The maximum absolute atomic E-state index is 11.8. The van der Waals surface area contributed by atoms with E-state index >= 15 is 0 Å². The second kappa shape index (κ2) is 4.28. The summed E-state index contributed by atoms with van der Waals surface area (Å²) >= 11 is 0. The smallest absolute Gasteiger partial charge is 0.255 e. The zero-order valence-electron chi connectivity index (χ0n) is 10.5. The Morgan fingerprint density at radius 3 is 2.68 bits per heavy atom. The lowest BCUT2D eigenvalue weighted by Gasteiger charge is -2.08. The van der Waals surface area contributed by atoms with Crippen molar-refractivity contribution in [3.63, 3.8) is 0 Å². The molecule has 0 bridgehead atoms. The van der Waals surface area contributed by atoms with E-state index < -0.39 is 0 Å². The largest absolute Gasteiger partial charge is 0.507 e. The maximum atomic E-state index is 11.8. The van der Waals surface area contributed by atoms with Crippen molar-refractivity contribution in [3.8, 4) is 16.9 Å². The Bertz CT molecular complexity index is 818. The van der Waals surface area contributed by atoms with Crippen LogP contribution in [0.5, 0.6) is 5.75 Å². The minimum Gasteiger partial charge on any atom is -0.507 e. The summed E-state index contributed by atoms with van der Waals surface area (Å²) in [5.41, 5.74) is 2.74. The van der Waals surface area contributed by atoms with Crippen LogP contribution in [0, 0.1) is 6.92 Å². The average Bonchev–Trinajstić information content (AvgIpc) is 2.40. The van der Waals surface area contributed by atoms with Gasteiger partial charge in [-0.3, -0.25) is 4.79 Å². The number of rotatable bonds is 1. The van der Waals surface area contributed by atoms with Crippen LogP contribution < -0.4 is 5.56 Å². The van der Waals surface area contributed by atoms with Crippen LogP contribution in [0.1, 0.15) is 5.56 Å². The predicted molar refractivity (Wildman–Crippen MR) is 76.4 cm³/mol. The number of nitrogens with one attached hydrogen (secondary N) is 1. The van der Waals surface area contributed by atoms with Crippen molar-refractivity contribution in [3.05, 3.63) is 64.6 Å². The third-order valence-corrected chi connectivity index (χ3v) is 3.23. The van der Waals surface area contributed by atoms with Crippen molar-refractivity contribution in [1.29, 1.82) is 0 Å². The number of H-pyrrole nitrogens is 1. The van der Waals surface area contributed by atoms with Crippen LogP contribution in [0.25, 0.3) is 21.9 Å². The normalized spacial score (nSPS) is 10.8. The molecule has 0 unspecified atom stereocenters. The van der Waals surface area contributed by atoms with E-state index in [9.17, 15) is 9.90 Å². The molecule has 3 nitrogen and oxygen atoms in total.